The Balaban J connectivity index is 1.90. The minimum Gasteiger partial charge on any atom is -0.493 e. The van der Waals surface area contributed by atoms with E-state index in [1.165, 1.54) is 26.2 Å². The number of hydrogen-bond acceptors (Lipinski definition) is 6. The van der Waals surface area contributed by atoms with E-state index in [9.17, 15) is 9.59 Å². The number of aldehydes is 1. The Morgan fingerprint density at radius 2 is 1.65 bits per heavy atom. The van der Waals surface area contributed by atoms with Gasteiger partial charge >= 0.3 is 6.09 Å². The molecule has 1 unspecified atom stereocenters. The van der Waals surface area contributed by atoms with Gasteiger partial charge in [-0.1, -0.05) is 24.3 Å². The van der Waals surface area contributed by atoms with Crippen molar-refractivity contribution in [2.45, 2.75) is 6.10 Å². The molecule has 0 bridgehead atoms. The second-order valence-corrected chi connectivity index (χ2v) is 5.65. The van der Waals surface area contributed by atoms with Crippen LogP contribution in [-0.2, 0) is 4.74 Å². The molecule has 26 heavy (non-hydrogen) atoms. The van der Waals surface area contributed by atoms with Crippen molar-refractivity contribution >= 4 is 18.1 Å². The van der Waals surface area contributed by atoms with Crippen LogP contribution >= 0.6 is 0 Å². The zero-order chi connectivity index (χ0) is 18.7. The first-order chi connectivity index (χ1) is 12.6. The number of ether oxygens (including phenoxy) is 4. The number of methoxy groups -OCH3 is 3. The Labute approximate surface area is 151 Å². The van der Waals surface area contributed by atoms with E-state index in [1.54, 1.807) is 36.4 Å². The highest BCUT2D eigenvalue weighted by Gasteiger charge is 2.34. The van der Waals surface area contributed by atoms with Gasteiger partial charge in [-0.25, -0.2) is 4.79 Å². The van der Waals surface area contributed by atoms with E-state index < -0.39 is 12.2 Å². The molecule has 0 N–H and O–H groups in total. The van der Waals surface area contributed by atoms with Crippen molar-refractivity contribution in [1.82, 2.24) is 0 Å². The number of hydrogen-bond donors (Lipinski definition) is 0. The van der Waals surface area contributed by atoms with E-state index in [1.807, 2.05) is 0 Å². The highest BCUT2D eigenvalue weighted by molar-refractivity contribution is 5.91. The Hall–Kier alpha value is -3.22. The molecule has 1 amide bonds. The Morgan fingerprint density at radius 1 is 1.04 bits per heavy atom. The maximum absolute atomic E-state index is 12.4. The van der Waals surface area contributed by atoms with Crippen LogP contribution in [0.3, 0.4) is 0 Å². The molecule has 0 saturated carbocycles. The van der Waals surface area contributed by atoms with Crippen LogP contribution < -0.4 is 19.1 Å². The quantitative estimate of drug-likeness (QED) is 0.739. The highest BCUT2D eigenvalue weighted by atomic mass is 16.6. The lowest BCUT2D eigenvalue weighted by Crippen LogP contribution is -2.23. The van der Waals surface area contributed by atoms with Crippen LogP contribution in [0.15, 0.2) is 36.4 Å². The fourth-order valence-electron chi connectivity index (χ4n) is 2.86. The number of rotatable bonds is 6. The third-order valence-corrected chi connectivity index (χ3v) is 4.22. The Morgan fingerprint density at radius 3 is 2.15 bits per heavy atom. The molecule has 136 valence electrons. The molecule has 7 heteroatoms. The third-order valence-electron chi connectivity index (χ3n) is 4.22. The molecule has 0 radical (unpaired) electrons. The summed E-state index contributed by atoms with van der Waals surface area (Å²) in [4.78, 5) is 24.6. The zero-order valence-electron chi connectivity index (χ0n) is 14.7. The molecule has 2 aromatic rings. The summed E-state index contributed by atoms with van der Waals surface area (Å²) in [6.45, 7) is 0.331. The largest absolute Gasteiger partial charge is 0.493 e. The molecule has 2 aromatic carbocycles. The molecule has 1 aliphatic rings. The molecule has 1 atom stereocenters. The smallest absolute Gasteiger partial charge is 0.415 e. The maximum atomic E-state index is 12.4. The number of nitrogens with zero attached hydrogens (tertiary/aromatic N) is 1. The number of benzene rings is 2. The SMILES string of the molecule is COc1cc(N2CC(c3ccc(C=O)cc3)OC2=O)cc(OC)c1OC. The zero-order valence-corrected chi connectivity index (χ0v) is 14.7. The van der Waals surface area contributed by atoms with Crippen molar-refractivity contribution in [1.29, 1.82) is 0 Å². The van der Waals surface area contributed by atoms with Gasteiger partial charge in [0.1, 0.15) is 12.4 Å². The minimum atomic E-state index is -0.469. The van der Waals surface area contributed by atoms with Crippen LogP contribution in [0.4, 0.5) is 10.5 Å². The van der Waals surface area contributed by atoms with Gasteiger partial charge in [0.25, 0.3) is 0 Å². The molecular formula is C19H19NO6. The predicted molar refractivity (Wildman–Crippen MR) is 94.5 cm³/mol. The molecule has 0 spiro atoms. The lowest BCUT2D eigenvalue weighted by Gasteiger charge is -2.18. The normalized spacial score (nSPS) is 16.2. The van der Waals surface area contributed by atoms with E-state index in [2.05, 4.69) is 0 Å². The fraction of sp³-hybridized carbons (Fsp3) is 0.263. The molecular weight excluding hydrogens is 338 g/mol. The van der Waals surface area contributed by atoms with Crippen molar-refractivity contribution in [3.63, 3.8) is 0 Å². The number of anilines is 1. The minimum absolute atomic E-state index is 0.331. The van der Waals surface area contributed by atoms with Crippen LogP contribution in [0.25, 0.3) is 0 Å². The van der Waals surface area contributed by atoms with E-state index >= 15 is 0 Å². The summed E-state index contributed by atoms with van der Waals surface area (Å²) >= 11 is 0. The fourth-order valence-corrected chi connectivity index (χ4v) is 2.86. The topological polar surface area (TPSA) is 74.3 Å². The number of cyclic esters (lactones) is 1. The van der Waals surface area contributed by atoms with Crippen LogP contribution in [0.2, 0.25) is 0 Å². The number of amides is 1. The van der Waals surface area contributed by atoms with Crippen LogP contribution in [0, 0.1) is 0 Å². The van der Waals surface area contributed by atoms with Gasteiger partial charge in [0, 0.05) is 17.7 Å². The standard InChI is InChI=1S/C19H19NO6/c1-23-15-8-14(9-16(24-2)18(15)25-3)20-10-17(26-19(20)22)13-6-4-12(11-21)5-7-13/h4-9,11,17H,10H2,1-3H3. The van der Waals surface area contributed by atoms with Gasteiger partial charge in [-0.3, -0.25) is 9.69 Å². The average Bonchev–Trinajstić information content (AvgIpc) is 3.08. The second kappa shape index (κ2) is 7.35. The van der Waals surface area contributed by atoms with Crippen molar-refractivity contribution in [2.24, 2.45) is 0 Å². The van der Waals surface area contributed by atoms with Gasteiger partial charge in [-0.05, 0) is 5.56 Å². The first kappa shape index (κ1) is 17.6. The second-order valence-electron chi connectivity index (χ2n) is 5.65. The number of carbonyl (C=O) groups excluding carboxylic acids is 2. The first-order valence-corrected chi connectivity index (χ1v) is 7.94. The molecule has 0 aliphatic carbocycles. The van der Waals surface area contributed by atoms with Gasteiger partial charge < -0.3 is 18.9 Å². The van der Waals surface area contributed by atoms with E-state index in [0.29, 0.717) is 35.0 Å². The summed E-state index contributed by atoms with van der Waals surface area (Å²) in [6, 6.07) is 10.3. The monoisotopic (exact) mass is 357 g/mol. The van der Waals surface area contributed by atoms with Crippen LogP contribution in [-0.4, -0.2) is 40.3 Å². The van der Waals surface area contributed by atoms with Crippen molar-refractivity contribution < 1.29 is 28.5 Å². The van der Waals surface area contributed by atoms with Crippen molar-refractivity contribution in [2.75, 3.05) is 32.8 Å². The van der Waals surface area contributed by atoms with Crippen molar-refractivity contribution in [3.8, 4) is 17.2 Å². The molecule has 1 heterocycles. The molecule has 1 aliphatic heterocycles. The molecule has 0 aromatic heterocycles. The van der Waals surface area contributed by atoms with E-state index in [0.717, 1.165) is 11.8 Å². The van der Waals surface area contributed by atoms with Gasteiger partial charge in [-0.15, -0.1) is 0 Å². The van der Waals surface area contributed by atoms with Gasteiger partial charge in [0.05, 0.1) is 33.6 Å². The Kier molecular flexibility index (Phi) is 4.97. The highest BCUT2D eigenvalue weighted by Crippen LogP contribution is 2.42. The maximum Gasteiger partial charge on any atom is 0.415 e. The Bertz CT molecular complexity index is 792. The van der Waals surface area contributed by atoms with E-state index in [-0.39, 0.29) is 0 Å². The average molecular weight is 357 g/mol. The summed E-state index contributed by atoms with van der Waals surface area (Å²) in [5, 5.41) is 0. The lowest BCUT2D eigenvalue weighted by atomic mass is 10.1. The third kappa shape index (κ3) is 3.15. The molecule has 7 nitrogen and oxygen atoms in total. The summed E-state index contributed by atoms with van der Waals surface area (Å²) < 4.78 is 21.4. The summed E-state index contributed by atoms with van der Waals surface area (Å²) in [7, 11) is 4.55. The van der Waals surface area contributed by atoms with E-state index in [4.69, 9.17) is 18.9 Å². The summed E-state index contributed by atoms with van der Waals surface area (Å²) in [5.41, 5.74) is 1.97. The van der Waals surface area contributed by atoms with Gasteiger partial charge in [-0.2, -0.15) is 0 Å². The predicted octanol–water partition coefficient (Wildman–Crippen LogP) is 3.22. The van der Waals surface area contributed by atoms with Gasteiger partial charge in [0.2, 0.25) is 5.75 Å². The van der Waals surface area contributed by atoms with Crippen LogP contribution in [0.1, 0.15) is 22.0 Å². The van der Waals surface area contributed by atoms with Gasteiger partial charge in [0.15, 0.2) is 11.5 Å². The summed E-state index contributed by atoms with van der Waals surface area (Å²) in [5.74, 6) is 1.36. The summed E-state index contributed by atoms with van der Waals surface area (Å²) in [6.07, 6.45) is -0.127. The van der Waals surface area contributed by atoms with Crippen LogP contribution in [0.5, 0.6) is 17.2 Å². The first-order valence-electron chi connectivity index (χ1n) is 7.94. The lowest BCUT2D eigenvalue weighted by molar-refractivity contribution is 0.112. The molecule has 1 fully saturated rings. The van der Waals surface area contributed by atoms with Crippen molar-refractivity contribution in [3.05, 3.63) is 47.5 Å². The number of carbonyl (C=O) groups is 2. The molecule has 1 saturated heterocycles. The molecule has 3 rings (SSSR count).